The summed E-state index contributed by atoms with van der Waals surface area (Å²) in [5.74, 6) is 0.857. The van der Waals surface area contributed by atoms with E-state index in [1.165, 1.54) is 38.2 Å². The van der Waals surface area contributed by atoms with Crippen molar-refractivity contribution >= 4 is 0 Å². The average molecular weight is 250 g/mol. The second-order valence-electron chi connectivity index (χ2n) is 5.48. The molecule has 0 amide bonds. The molecule has 1 aromatic heterocycles. The third-order valence-electron chi connectivity index (χ3n) is 3.75. The second-order valence-corrected chi connectivity index (χ2v) is 5.48. The molecule has 4 heteroatoms. The van der Waals surface area contributed by atoms with Gasteiger partial charge in [-0.2, -0.15) is 5.10 Å². The summed E-state index contributed by atoms with van der Waals surface area (Å²) in [7, 11) is 2.23. The van der Waals surface area contributed by atoms with Gasteiger partial charge < -0.3 is 10.2 Å². The molecular formula is C14H26N4. The fourth-order valence-electron chi connectivity index (χ4n) is 2.85. The van der Waals surface area contributed by atoms with Gasteiger partial charge in [0.15, 0.2) is 0 Å². The number of nitrogens with zero attached hydrogens (tertiary/aromatic N) is 3. The molecule has 0 atom stereocenters. The molecule has 1 aliphatic rings. The molecular weight excluding hydrogens is 224 g/mol. The van der Waals surface area contributed by atoms with E-state index < -0.39 is 0 Å². The van der Waals surface area contributed by atoms with Crippen LogP contribution in [-0.2, 0) is 13.1 Å². The largest absolute Gasteiger partial charge is 0.317 e. The summed E-state index contributed by atoms with van der Waals surface area (Å²) in [4.78, 5) is 2.44. The van der Waals surface area contributed by atoms with Crippen molar-refractivity contribution in [3.8, 4) is 0 Å². The summed E-state index contributed by atoms with van der Waals surface area (Å²) in [6.07, 6.45) is 2.63. The molecule has 102 valence electrons. The van der Waals surface area contributed by atoms with Crippen LogP contribution in [-0.4, -0.2) is 41.4 Å². The lowest BCUT2D eigenvalue weighted by atomic mass is 9.98. The smallest absolute Gasteiger partial charge is 0.0597 e. The summed E-state index contributed by atoms with van der Waals surface area (Å²) in [5.41, 5.74) is 2.47. The average Bonchev–Trinajstić information content (AvgIpc) is 2.70. The van der Waals surface area contributed by atoms with Crippen molar-refractivity contribution in [3.63, 3.8) is 0 Å². The van der Waals surface area contributed by atoms with Gasteiger partial charge in [0, 0.05) is 19.6 Å². The van der Waals surface area contributed by atoms with Crippen molar-refractivity contribution in [2.75, 3.05) is 26.7 Å². The monoisotopic (exact) mass is 250 g/mol. The van der Waals surface area contributed by atoms with E-state index in [9.17, 15) is 0 Å². The quantitative estimate of drug-likeness (QED) is 0.862. The van der Waals surface area contributed by atoms with Crippen molar-refractivity contribution in [2.24, 2.45) is 5.92 Å². The molecule has 0 aliphatic carbocycles. The van der Waals surface area contributed by atoms with Crippen LogP contribution in [0, 0.1) is 12.8 Å². The lowest BCUT2D eigenvalue weighted by molar-refractivity contribution is 0.230. The van der Waals surface area contributed by atoms with Crippen molar-refractivity contribution in [1.29, 1.82) is 0 Å². The third-order valence-corrected chi connectivity index (χ3v) is 3.75. The highest BCUT2D eigenvalue weighted by Gasteiger charge is 2.16. The van der Waals surface area contributed by atoms with Gasteiger partial charge in [0.2, 0.25) is 0 Å². The van der Waals surface area contributed by atoms with Gasteiger partial charge in [-0.1, -0.05) is 0 Å². The zero-order valence-electron chi connectivity index (χ0n) is 11.9. The molecule has 1 aromatic rings. The zero-order valence-corrected chi connectivity index (χ0v) is 11.9. The van der Waals surface area contributed by atoms with E-state index in [0.717, 1.165) is 24.7 Å². The molecule has 2 rings (SSSR count). The molecule has 1 N–H and O–H groups in total. The topological polar surface area (TPSA) is 33.1 Å². The molecule has 1 aliphatic heterocycles. The van der Waals surface area contributed by atoms with Gasteiger partial charge in [-0.05, 0) is 58.8 Å². The van der Waals surface area contributed by atoms with Crippen molar-refractivity contribution < 1.29 is 0 Å². The van der Waals surface area contributed by atoms with E-state index in [0.29, 0.717) is 0 Å². The Bertz CT molecular complexity index is 366. The number of hydrogen-bond donors (Lipinski definition) is 1. The maximum atomic E-state index is 4.51. The van der Waals surface area contributed by atoms with E-state index in [2.05, 4.69) is 47.0 Å². The lowest BCUT2D eigenvalue weighted by Crippen LogP contribution is -2.34. The fraction of sp³-hybridized carbons (Fsp3) is 0.786. The molecule has 0 bridgehead atoms. The van der Waals surface area contributed by atoms with Gasteiger partial charge in [-0.25, -0.2) is 0 Å². The molecule has 2 heterocycles. The molecule has 0 saturated carbocycles. The minimum Gasteiger partial charge on any atom is -0.317 e. The SMILES string of the molecule is CCn1nc(C)cc1CN(C)CC1CCNCC1. The highest BCUT2D eigenvalue weighted by atomic mass is 15.3. The van der Waals surface area contributed by atoms with Gasteiger partial charge >= 0.3 is 0 Å². The number of aryl methyl sites for hydroxylation is 2. The minimum absolute atomic E-state index is 0.857. The van der Waals surface area contributed by atoms with Gasteiger partial charge in [0.05, 0.1) is 11.4 Å². The molecule has 1 fully saturated rings. The number of aromatic nitrogens is 2. The first-order chi connectivity index (χ1) is 8.69. The number of nitrogens with one attached hydrogen (secondary N) is 1. The van der Waals surface area contributed by atoms with E-state index in [4.69, 9.17) is 0 Å². The first kappa shape index (κ1) is 13.6. The van der Waals surface area contributed by atoms with Crippen LogP contribution in [0.15, 0.2) is 6.07 Å². The standard InChI is InChI=1S/C14H26N4/c1-4-18-14(9-12(2)16-18)11-17(3)10-13-5-7-15-8-6-13/h9,13,15H,4-8,10-11H2,1-3H3. The van der Waals surface area contributed by atoms with Crippen LogP contribution in [0.4, 0.5) is 0 Å². The second kappa shape index (κ2) is 6.34. The Balaban J connectivity index is 1.87. The normalized spacial score (nSPS) is 17.6. The minimum atomic E-state index is 0.857. The van der Waals surface area contributed by atoms with Crippen molar-refractivity contribution in [2.45, 2.75) is 39.8 Å². The molecule has 0 spiro atoms. The first-order valence-corrected chi connectivity index (χ1v) is 7.11. The van der Waals surface area contributed by atoms with Crippen LogP contribution in [0.3, 0.4) is 0 Å². The Morgan fingerprint density at radius 2 is 2.17 bits per heavy atom. The summed E-state index contributed by atoms with van der Waals surface area (Å²) in [6.45, 7) is 9.78. The third kappa shape index (κ3) is 3.56. The van der Waals surface area contributed by atoms with Gasteiger partial charge in [-0.15, -0.1) is 0 Å². The lowest BCUT2D eigenvalue weighted by Gasteiger charge is -2.27. The van der Waals surface area contributed by atoms with Crippen LogP contribution in [0.2, 0.25) is 0 Å². The van der Waals surface area contributed by atoms with Crippen molar-refractivity contribution in [1.82, 2.24) is 20.0 Å². The summed E-state index contributed by atoms with van der Waals surface area (Å²) < 4.78 is 2.12. The Morgan fingerprint density at radius 1 is 1.44 bits per heavy atom. The van der Waals surface area contributed by atoms with Crippen LogP contribution in [0.1, 0.15) is 31.2 Å². The molecule has 1 saturated heterocycles. The number of hydrogen-bond acceptors (Lipinski definition) is 3. The van der Waals surface area contributed by atoms with Crippen LogP contribution in [0.5, 0.6) is 0 Å². The number of rotatable bonds is 5. The summed E-state index contributed by atoms with van der Waals surface area (Å²) in [6, 6.07) is 2.21. The molecule has 0 unspecified atom stereocenters. The maximum Gasteiger partial charge on any atom is 0.0597 e. The van der Waals surface area contributed by atoms with E-state index in [1.54, 1.807) is 0 Å². The van der Waals surface area contributed by atoms with Crippen LogP contribution >= 0.6 is 0 Å². The van der Waals surface area contributed by atoms with Crippen molar-refractivity contribution in [3.05, 3.63) is 17.5 Å². The van der Waals surface area contributed by atoms with E-state index >= 15 is 0 Å². The molecule has 0 aromatic carbocycles. The van der Waals surface area contributed by atoms with E-state index in [-0.39, 0.29) is 0 Å². The van der Waals surface area contributed by atoms with Gasteiger partial charge in [-0.3, -0.25) is 4.68 Å². The zero-order chi connectivity index (χ0) is 13.0. The van der Waals surface area contributed by atoms with Crippen LogP contribution < -0.4 is 5.32 Å². The first-order valence-electron chi connectivity index (χ1n) is 7.11. The summed E-state index contributed by atoms with van der Waals surface area (Å²) >= 11 is 0. The molecule has 0 radical (unpaired) electrons. The highest BCUT2D eigenvalue weighted by molar-refractivity contribution is 5.08. The predicted octanol–water partition coefficient (Wildman–Crippen LogP) is 1.64. The van der Waals surface area contributed by atoms with E-state index in [1.807, 2.05) is 0 Å². The predicted molar refractivity (Wildman–Crippen MR) is 74.6 cm³/mol. The number of piperidine rings is 1. The Labute approximate surface area is 110 Å². The maximum absolute atomic E-state index is 4.51. The molecule has 4 nitrogen and oxygen atoms in total. The van der Waals surface area contributed by atoms with Gasteiger partial charge in [0.25, 0.3) is 0 Å². The Kier molecular flexibility index (Phi) is 4.78. The van der Waals surface area contributed by atoms with Crippen LogP contribution in [0.25, 0.3) is 0 Å². The Hall–Kier alpha value is -0.870. The summed E-state index contributed by atoms with van der Waals surface area (Å²) in [5, 5.41) is 7.94. The fourth-order valence-corrected chi connectivity index (χ4v) is 2.85. The van der Waals surface area contributed by atoms with Gasteiger partial charge in [0.1, 0.15) is 0 Å². The Morgan fingerprint density at radius 3 is 2.83 bits per heavy atom. The highest BCUT2D eigenvalue weighted by Crippen LogP contribution is 2.14. The molecule has 18 heavy (non-hydrogen) atoms.